The molecule has 2 saturated heterocycles. The Morgan fingerprint density at radius 1 is 1.19 bits per heavy atom. The van der Waals surface area contributed by atoms with Crippen molar-refractivity contribution < 1.29 is 24.2 Å². The molecular formula is C26H29NO5. The number of ether oxygens (including phenoxy) is 2. The normalized spacial score (nSPS) is 26.8. The zero-order chi connectivity index (χ0) is 22.3. The smallest absolute Gasteiger partial charge is 0.335 e. The van der Waals surface area contributed by atoms with Gasteiger partial charge in [-0.05, 0) is 66.7 Å². The molecule has 2 aromatic rings. The number of aromatic carboxylic acids is 1. The molecule has 3 fully saturated rings. The maximum Gasteiger partial charge on any atom is 0.335 e. The second-order valence-corrected chi connectivity index (χ2v) is 9.43. The summed E-state index contributed by atoms with van der Waals surface area (Å²) in [6.07, 6.45) is 4.28. The lowest BCUT2D eigenvalue weighted by atomic mass is 9.59. The number of carboxylic acids is 1. The lowest BCUT2D eigenvalue weighted by Gasteiger charge is -2.46. The average Bonchev–Trinajstić information content (AvgIpc) is 3.48. The summed E-state index contributed by atoms with van der Waals surface area (Å²) >= 11 is 0. The number of rotatable bonds is 5. The van der Waals surface area contributed by atoms with Crippen LogP contribution in [-0.4, -0.2) is 54.8 Å². The second kappa shape index (κ2) is 8.24. The molecule has 1 atom stereocenters. The van der Waals surface area contributed by atoms with Crippen molar-refractivity contribution >= 4 is 11.9 Å². The number of benzene rings is 2. The highest BCUT2D eigenvalue weighted by molar-refractivity contribution is 5.93. The number of methoxy groups -OCH3 is 1. The monoisotopic (exact) mass is 435 g/mol. The Kier molecular flexibility index (Phi) is 5.41. The van der Waals surface area contributed by atoms with Crippen LogP contribution in [0.4, 0.5) is 0 Å². The zero-order valence-corrected chi connectivity index (χ0v) is 18.4. The van der Waals surface area contributed by atoms with Gasteiger partial charge in [0.25, 0.3) is 5.91 Å². The van der Waals surface area contributed by atoms with Gasteiger partial charge in [0.15, 0.2) is 0 Å². The molecule has 3 aliphatic rings. The lowest BCUT2D eigenvalue weighted by Crippen LogP contribution is -2.42. The molecule has 0 radical (unpaired) electrons. The van der Waals surface area contributed by atoms with Gasteiger partial charge in [-0.25, -0.2) is 4.79 Å². The van der Waals surface area contributed by atoms with Crippen molar-refractivity contribution in [2.75, 3.05) is 26.8 Å². The maximum atomic E-state index is 12.7. The van der Waals surface area contributed by atoms with Crippen molar-refractivity contribution in [3.05, 3.63) is 53.6 Å². The highest BCUT2D eigenvalue weighted by atomic mass is 16.5. The van der Waals surface area contributed by atoms with E-state index in [0.29, 0.717) is 17.9 Å². The topological polar surface area (TPSA) is 76.1 Å². The molecule has 1 saturated carbocycles. The van der Waals surface area contributed by atoms with E-state index in [-0.39, 0.29) is 23.3 Å². The first-order chi connectivity index (χ1) is 15.5. The van der Waals surface area contributed by atoms with Crippen LogP contribution >= 0.6 is 0 Å². The molecule has 6 heteroatoms. The third-order valence-corrected chi connectivity index (χ3v) is 7.44. The van der Waals surface area contributed by atoms with Crippen molar-refractivity contribution in [3.63, 3.8) is 0 Å². The second-order valence-electron chi connectivity index (χ2n) is 9.43. The molecule has 0 aromatic heterocycles. The molecule has 2 aliphatic heterocycles. The van der Waals surface area contributed by atoms with Gasteiger partial charge >= 0.3 is 5.97 Å². The van der Waals surface area contributed by atoms with Crippen LogP contribution in [0.25, 0.3) is 11.1 Å². The number of carbonyl (C=O) groups excluding carboxylic acids is 1. The molecule has 1 spiro atoms. The van der Waals surface area contributed by atoms with Gasteiger partial charge in [0.1, 0.15) is 11.9 Å². The summed E-state index contributed by atoms with van der Waals surface area (Å²) in [6.45, 7) is 2.20. The number of amides is 1. The Morgan fingerprint density at radius 3 is 2.62 bits per heavy atom. The fourth-order valence-corrected chi connectivity index (χ4v) is 5.77. The number of carboxylic acid groups (broad SMARTS) is 1. The quantitative estimate of drug-likeness (QED) is 0.756. The maximum absolute atomic E-state index is 12.7. The Balaban J connectivity index is 1.36. The Morgan fingerprint density at radius 2 is 1.97 bits per heavy atom. The minimum Gasteiger partial charge on any atom is -0.496 e. The molecule has 2 heterocycles. The third-order valence-electron chi connectivity index (χ3n) is 7.44. The molecule has 0 bridgehead atoms. The van der Waals surface area contributed by atoms with E-state index >= 15 is 0 Å². The molecule has 1 N–H and O–H groups in total. The summed E-state index contributed by atoms with van der Waals surface area (Å²) in [5.41, 5.74) is 3.00. The number of carbonyl (C=O) groups is 2. The van der Waals surface area contributed by atoms with Gasteiger partial charge in [0.2, 0.25) is 0 Å². The van der Waals surface area contributed by atoms with Crippen molar-refractivity contribution in [2.45, 2.75) is 44.1 Å². The van der Waals surface area contributed by atoms with Gasteiger partial charge in [-0.3, -0.25) is 4.79 Å². The van der Waals surface area contributed by atoms with Crippen LogP contribution in [0.5, 0.6) is 5.75 Å². The fraction of sp³-hybridized carbons (Fsp3) is 0.462. The molecule has 32 heavy (non-hydrogen) atoms. The first-order valence-corrected chi connectivity index (χ1v) is 11.4. The number of hydrogen-bond donors (Lipinski definition) is 1. The highest BCUT2D eigenvalue weighted by Gasteiger charge is 2.51. The van der Waals surface area contributed by atoms with Crippen molar-refractivity contribution in [1.82, 2.24) is 4.90 Å². The summed E-state index contributed by atoms with van der Waals surface area (Å²) in [6, 6.07) is 13.4. The predicted molar refractivity (Wildman–Crippen MR) is 120 cm³/mol. The van der Waals surface area contributed by atoms with Gasteiger partial charge in [-0.2, -0.15) is 0 Å². The molecule has 0 unspecified atom stereocenters. The van der Waals surface area contributed by atoms with Gasteiger partial charge in [-0.15, -0.1) is 0 Å². The minimum absolute atomic E-state index is 0.0973. The van der Waals surface area contributed by atoms with Gasteiger partial charge < -0.3 is 19.5 Å². The van der Waals surface area contributed by atoms with E-state index in [4.69, 9.17) is 9.47 Å². The molecule has 1 aliphatic carbocycles. The highest BCUT2D eigenvalue weighted by Crippen LogP contribution is 2.57. The van der Waals surface area contributed by atoms with E-state index in [1.807, 2.05) is 41.3 Å². The van der Waals surface area contributed by atoms with E-state index in [1.54, 1.807) is 13.2 Å². The van der Waals surface area contributed by atoms with Crippen LogP contribution in [0.1, 0.15) is 53.9 Å². The van der Waals surface area contributed by atoms with E-state index in [2.05, 4.69) is 0 Å². The number of nitrogens with zero attached hydrogens (tertiary/aromatic N) is 1. The van der Waals surface area contributed by atoms with Crippen molar-refractivity contribution in [1.29, 1.82) is 0 Å². The van der Waals surface area contributed by atoms with E-state index in [1.165, 1.54) is 0 Å². The summed E-state index contributed by atoms with van der Waals surface area (Å²) in [5, 5.41) is 9.95. The average molecular weight is 436 g/mol. The van der Waals surface area contributed by atoms with Gasteiger partial charge in [-0.1, -0.05) is 30.3 Å². The number of likely N-dealkylation sites (tertiary alicyclic amines) is 1. The molecule has 6 nitrogen and oxygen atoms in total. The first-order valence-electron chi connectivity index (χ1n) is 11.4. The molecule has 5 rings (SSSR count). The molecule has 2 aromatic carbocycles. The Bertz CT molecular complexity index is 1020. The Hall–Kier alpha value is -2.86. The summed E-state index contributed by atoms with van der Waals surface area (Å²) in [4.78, 5) is 26.8. The Labute approximate surface area is 188 Å². The first kappa shape index (κ1) is 21.0. The van der Waals surface area contributed by atoms with E-state index in [9.17, 15) is 14.7 Å². The summed E-state index contributed by atoms with van der Waals surface area (Å²) in [5.74, 6) is 0.0710. The SMILES string of the molecule is COc1cc(C2CC3(CCN(C(=O)[C@H]4CCCO4)C3)C2)c(C(=O)O)cc1-c1ccccc1. The van der Waals surface area contributed by atoms with Crippen LogP contribution in [0.2, 0.25) is 0 Å². The number of hydrogen-bond acceptors (Lipinski definition) is 4. The zero-order valence-electron chi connectivity index (χ0n) is 18.4. The van der Waals surface area contributed by atoms with E-state index in [0.717, 1.165) is 61.9 Å². The van der Waals surface area contributed by atoms with Crippen LogP contribution in [0, 0.1) is 5.41 Å². The summed E-state index contributed by atoms with van der Waals surface area (Å²) < 4.78 is 11.2. The van der Waals surface area contributed by atoms with Crippen molar-refractivity contribution in [2.24, 2.45) is 5.41 Å². The van der Waals surface area contributed by atoms with Gasteiger partial charge in [0.05, 0.1) is 12.7 Å². The minimum atomic E-state index is -0.914. The largest absolute Gasteiger partial charge is 0.496 e. The van der Waals surface area contributed by atoms with E-state index < -0.39 is 5.97 Å². The molecule has 168 valence electrons. The molecule has 1 amide bonds. The third kappa shape index (κ3) is 3.66. The van der Waals surface area contributed by atoms with Gasteiger partial charge in [0, 0.05) is 25.3 Å². The van der Waals surface area contributed by atoms with Crippen LogP contribution < -0.4 is 4.74 Å². The van der Waals surface area contributed by atoms with Crippen LogP contribution in [0.15, 0.2) is 42.5 Å². The predicted octanol–water partition coefficient (Wildman–Crippen LogP) is 4.34. The van der Waals surface area contributed by atoms with Crippen molar-refractivity contribution in [3.8, 4) is 16.9 Å². The standard InChI is InChI=1S/C26H29NO5/c1-31-23-13-19(21(25(29)30)12-20(23)17-6-3-2-4-7-17)18-14-26(15-18)9-10-27(16-26)24(28)22-8-5-11-32-22/h2-4,6-7,12-13,18,22H,5,8-11,14-16H2,1H3,(H,29,30)/t18?,22-,26?/m1/s1. The fourth-order valence-electron chi connectivity index (χ4n) is 5.77. The molecular weight excluding hydrogens is 406 g/mol. The summed E-state index contributed by atoms with van der Waals surface area (Å²) in [7, 11) is 1.62. The van der Waals surface area contributed by atoms with Crippen LogP contribution in [-0.2, 0) is 9.53 Å². The van der Waals surface area contributed by atoms with Crippen LogP contribution in [0.3, 0.4) is 0 Å². The lowest BCUT2D eigenvalue weighted by molar-refractivity contribution is -0.140.